The van der Waals surface area contributed by atoms with E-state index in [1.54, 1.807) is 6.33 Å². The summed E-state index contributed by atoms with van der Waals surface area (Å²) in [5.74, 6) is 1.86. The quantitative estimate of drug-likeness (QED) is 0.386. The van der Waals surface area contributed by atoms with E-state index < -0.39 is 8.07 Å². The average Bonchev–Trinajstić information content (AvgIpc) is 3.07. The van der Waals surface area contributed by atoms with Crippen molar-refractivity contribution in [2.75, 3.05) is 24.6 Å². The number of aromatic nitrogens is 5. The van der Waals surface area contributed by atoms with Crippen LogP contribution in [0.3, 0.4) is 0 Å². The lowest BCUT2D eigenvalue weighted by Crippen LogP contribution is -2.25. The van der Waals surface area contributed by atoms with E-state index in [2.05, 4.69) is 58.4 Å². The third kappa shape index (κ3) is 3.80. The van der Waals surface area contributed by atoms with Crippen LogP contribution < -0.4 is 4.90 Å². The molecule has 3 aromatic heterocycles. The van der Waals surface area contributed by atoms with Crippen LogP contribution in [0.2, 0.25) is 25.7 Å². The SMILES string of the molecule is CCC12CC1CN(c1ncnc3c1c(-c1ccn(C)n1)cn3COCC[Si](C)(C)C)C2. The van der Waals surface area contributed by atoms with Crippen LogP contribution in [-0.2, 0) is 18.5 Å². The summed E-state index contributed by atoms with van der Waals surface area (Å²) in [6.07, 6.45) is 8.46. The molecule has 0 radical (unpaired) electrons. The summed E-state index contributed by atoms with van der Waals surface area (Å²) in [5, 5.41) is 5.79. The van der Waals surface area contributed by atoms with Crippen molar-refractivity contribution in [2.45, 2.75) is 52.2 Å². The molecular weight excluding hydrogens is 404 g/mol. The van der Waals surface area contributed by atoms with Gasteiger partial charge in [0.05, 0.1) is 11.1 Å². The highest BCUT2D eigenvalue weighted by molar-refractivity contribution is 6.76. The Balaban J connectivity index is 1.50. The lowest BCUT2D eigenvalue weighted by molar-refractivity contribution is 0.0899. The first-order valence-electron chi connectivity index (χ1n) is 11.5. The van der Waals surface area contributed by atoms with Gasteiger partial charge in [-0.05, 0) is 36.3 Å². The van der Waals surface area contributed by atoms with Gasteiger partial charge in [0.25, 0.3) is 0 Å². The van der Waals surface area contributed by atoms with Crippen molar-refractivity contribution in [3.63, 3.8) is 0 Å². The number of rotatable bonds is 8. The molecule has 1 aliphatic carbocycles. The van der Waals surface area contributed by atoms with Crippen LogP contribution in [0.4, 0.5) is 5.82 Å². The summed E-state index contributed by atoms with van der Waals surface area (Å²) in [6.45, 7) is 13.0. The highest BCUT2D eigenvalue weighted by Gasteiger charge is 2.58. The molecule has 166 valence electrons. The van der Waals surface area contributed by atoms with Crippen LogP contribution in [-0.4, -0.2) is 52.1 Å². The molecule has 2 fully saturated rings. The number of hydrogen-bond acceptors (Lipinski definition) is 5. The molecular formula is C23H34N6OSi. The molecule has 2 unspecified atom stereocenters. The fourth-order valence-corrected chi connectivity index (χ4v) is 5.80. The Hall–Kier alpha value is -2.19. The molecule has 5 rings (SSSR count). The summed E-state index contributed by atoms with van der Waals surface area (Å²) in [7, 11) is 0.844. The average molecular weight is 439 g/mol. The third-order valence-corrected chi connectivity index (χ3v) is 8.86. The summed E-state index contributed by atoms with van der Waals surface area (Å²) in [4.78, 5) is 11.9. The molecule has 8 heteroatoms. The van der Waals surface area contributed by atoms with Crippen LogP contribution in [0.15, 0.2) is 24.8 Å². The fourth-order valence-electron chi connectivity index (χ4n) is 5.04. The van der Waals surface area contributed by atoms with Crippen molar-refractivity contribution in [1.82, 2.24) is 24.3 Å². The molecule has 1 aliphatic heterocycles. The van der Waals surface area contributed by atoms with Gasteiger partial charge in [0.2, 0.25) is 0 Å². The molecule has 2 aliphatic rings. The van der Waals surface area contributed by atoms with Gasteiger partial charge in [0.15, 0.2) is 0 Å². The Bertz CT molecular complexity index is 1100. The Morgan fingerprint density at radius 3 is 2.77 bits per heavy atom. The second-order valence-corrected chi connectivity index (χ2v) is 16.2. The zero-order valence-electron chi connectivity index (χ0n) is 19.4. The van der Waals surface area contributed by atoms with Crippen molar-refractivity contribution < 1.29 is 4.74 Å². The Morgan fingerprint density at radius 1 is 1.26 bits per heavy atom. The van der Waals surface area contributed by atoms with E-state index in [1.165, 1.54) is 12.8 Å². The molecule has 1 saturated carbocycles. The molecule has 0 amide bonds. The number of ether oxygens (including phenoxy) is 1. The summed E-state index contributed by atoms with van der Waals surface area (Å²) >= 11 is 0. The van der Waals surface area contributed by atoms with Gasteiger partial charge in [-0.3, -0.25) is 4.68 Å². The largest absolute Gasteiger partial charge is 0.361 e. The van der Waals surface area contributed by atoms with Gasteiger partial charge in [-0.1, -0.05) is 26.6 Å². The highest BCUT2D eigenvalue weighted by atomic mass is 28.3. The first-order chi connectivity index (χ1) is 14.8. The van der Waals surface area contributed by atoms with Gasteiger partial charge in [0.1, 0.15) is 24.5 Å². The van der Waals surface area contributed by atoms with Gasteiger partial charge >= 0.3 is 0 Å². The maximum Gasteiger partial charge on any atom is 0.148 e. The van der Waals surface area contributed by atoms with Crippen molar-refractivity contribution in [3.8, 4) is 11.3 Å². The van der Waals surface area contributed by atoms with Gasteiger partial charge in [0, 0.05) is 52.8 Å². The van der Waals surface area contributed by atoms with E-state index >= 15 is 0 Å². The normalized spacial score (nSPS) is 23.0. The predicted octanol–water partition coefficient (Wildman–Crippen LogP) is 4.38. The summed E-state index contributed by atoms with van der Waals surface area (Å²) in [5.41, 5.74) is 3.49. The molecule has 7 nitrogen and oxygen atoms in total. The molecule has 0 aromatic carbocycles. The Kier molecular flexibility index (Phi) is 4.97. The lowest BCUT2D eigenvalue weighted by atomic mass is 10.0. The Labute approximate surface area is 185 Å². The molecule has 0 spiro atoms. The first kappa shape index (κ1) is 20.7. The van der Waals surface area contributed by atoms with E-state index in [-0.39, 0.29) is 0 Å². The molecule has 1 saturated heterocycles. The van der Waals surface area contributed by atoms with E-state index in [4.69, 9.17) is 9.72 Å². The fraction of sp³-hybridized carbons (Fsp3) is 0.609. The van der Waals surface area contributed by atoms with Crippen molar-refractivity contribution in [2.24, 2.45) is 18.4 Å². The summed E-state index contributed by atoms with van der Waals surface area (Å²) < 4.78 is 10.1. The monoisotopic (exact) mass is 438 g/mol. The number of nitrogens with zero attached hydrogens (tertiary/aromatic N) is 6. The molecule has 0 N–H and O–H groups in total. The molecule has 31 heavy (non-hydrogen) atoms. The minimum Gasteiger partial charge on any atom is -0.361 e. The van der Waals surface area contributed by atoms with E-state index in [0.717, 1.165) is 59.8 Å². The van der Waals surface area contributed by atoms with Crippen LogP contribution >= 0.6 is 0 Å². The standard InChI is InChI=1S/C23H34N6OSi/c1-6-23-11-17(23)12-28(14-23)21-20-18(19-7-8-27(2)26-19)13-29(22(20)25-15-24-21)16-30-9-10-31(3,4)5/h7-8,13,15,17H,6,9-12,14,16H2,1-5H3. The van der Waals surface area contributed by atoms with Crippen LogP contribution in [0.5, 0.6) is 0 Å². The highest BCUT2D eigenvalue weighted by Crippen LogP contribution is 2.60. The predicted molar refractivity (Wildman–Crippen MR) is 127 cm³/mol. The van der Waals surface area contributed by atoms with Crippen molar-refractivity contribution >= 4 is 24.9 Å². The number of fused-ring (bicyclic) bond motifs is 2. The van der Waals surface area contributed by atoms with Crippen LogP contribution in [0.1, 0.15) is 19.8 Å². The minimum atomic E-state index is -1.11. The first-order valence-corrected chi connectivity index (χ1v) is 15.2. The number of aryl methyl sites for hydroxylation is 1. The number of hydrogen-bond donors (Lipinski definition) is 0. The van der Waals surface area contributed by atoms with Crippen LogP contribution in [0.25, 0.3) is 22.3 Å². The van der Waals surface area contributed by atoms with Gasteiger partial charge < -0.3 is 14.2 Å². The number of piperidine rings is 1. The minimum absolute atomic E-state index is 0.505. The van der Waals surface area contributed by atoms with Crippen molar-refractivity contribution in [1.29, 1.82) is 0 Å². The second kappa shape index (κ2) is 7.45. The molecule has 0 bridgehead atoms. The lowest BCUT2D eigenvalue weighted by Gasteiger charge is -2.22. The second-order valence-electron chi connectivity index (χ2n) is 10.6. The van der Waals surface area contributed by atoms with Crippen LogP contribution in [0, 0.1) is 11.3 Å². The van der Waals surface area contributed by atoms with Gasteiger partial charge in [-0.15, -0.1) is 0 Å². The van der Waals surface area contributed by atoms with Gasteiger partial charge in [-0.2, -0.15) is 5.10 Å². The zero-order chi connectivity index (χ0) is 21.8. The topological polar surface area (TPSA) is 61.0 Å². The van der Waals surface area contributed by atoms with Gasteiger partial charge in [-0.25, -0.2) is 9.97 Å². The molecule has 2 atom stereocenters. The zero-order valence-corrected chi connectivity index (χ0v) is 20.4. The molecule has 3 aromatic rings. The van der Waals surface area contributed by atoms with E-state index in [1.807, 2.05) is 17.9 Å². The maximum absolute atomic E-state index is 6.08. The smallest absolute Gasteiger partial charge is 0.148 e. The Morgan fingerprint density at radius 2 is 2.10 bits per heavy atom. The van der Waals surface area contributed by atoms with Crippen molar-refractivity contribution in [3.05, 3.63) is 24.8 Å². The maximum atomic E-state index is 6.08. The van der Waals surface area contributed by atoms with E-state index in [0.29, 0.717) is 12.1 Å². The number of anilines is 1. The third-order valence-electron chi connectivity index (χ3n) is 7.16. The summed E-state index contributed by atoms with van der Waals surface area (Å²) in [6, 6.07) is 3.23. The van der Waals surface area contributed by atoms with E-state index in [9.17, 15) is 0 Å². The molecule has 4 heterocycles.